The van der Waals surface area contributed by atoms with Crippen LogP contribution < -0.4 is 0 Å². The Kier molecular flexibility index (Phi) is 15.6. The van der Waals surface area contributed by atoms with Gasteiger partial charge in [0.15, 0.2) is 0 Å². The van der Waals surface area contributed by atoms with Crippen molar-refractivity contribution in [3.8, 4) is 6.57 Å². The van der Waals surface area contributed by atoms with Crippen LogP contribution in [0.5, 0.6) is 0 Å². The van der Waals surface area contributed by atoms with Gasteiger partial charge in [0.05, 0.1) is 18.3 Å². The van der Waals surface area contributed by atoms with Crippen molar-refractivity contribution in [2.24, 2.45) is 16.8 Å². The van der Waals surface area contributed by atoms with Crippen LogP contribution in [-0.2, 0) is 14.3 Å². The van der Waals surface area contributed by atoms with Crippen LogP contribution in [0.2, 0.25) is 0 Å². The molecule has 0 spiro atoms. The number of carboxylic acids is 1. The number of carboxylic acid groups (broad SMARTS) is 1. The van der Waals surface area contributed by atoms with E-state index in [0.29, 0.717) is 43.6 Å². The maximum Gasteiger partial charge on any atom is 0.327 e. The predicted octanol–water partition coefficient (Wildman–Crippen LogP) is 7.49. The summed E-state index contributed by atoms with van der Waals surface area (Å²) in [7, 11) is 0. The van der Waals surface area contributed by atoms with Gasteiger partial charge in [0.1, 0.15) is 12.6 Å². The van der Waals surface area contributed by atoms with Gasteiger partial charge in [-0.25, -0.2) is 9.79 Å². The monoisotopic (exact) mass is 555 g/mol. The number of carbonyl (C=O) groups is 1. The Morgan fingerprint density at radius 3 is 2.77 bits per heavy atom. The molecule has 6 unspecified atom stereocenters. The molecule has 0 aliphatic carbocycles. The Balaban J connectivity index is 1.68. The van der Waals surface area contributed by atoms with Gasteiger partial charge in [0.25, 0.3) is 6.57 Å². The van der Waals surface area contributed by atoms with Crippen LogP contribution in [0.4, 0.5) is 0 Å². The van der Waals surface area contributed by atoms with Crippen LogP contribution in [0.25, 0.3) is 4.85 Å². The van der Waals surface area contributed by atoms with Gasteiger partial charge >= 0.3 is 12.2 Å². The Morgan fingerprint density at radius 1 is 1.23 bits per heavy atom. The molecule has 1 saturated heterocycles. The molecule has 0 aromatic heterocycles. The average molecular weight is 556 g/mol. The number of aliphatic hydroxyl groups excluding tert-OH is 1. The van der Waals surface area contributed by atoms with E-state index in [1.165, 1.54) is 18.1 Å². The lowest BCUT2D eigenvalue weighted by atomic mass is 9.90. The summed E-state index contributed by atoms with van der Waals surface area (Å²) in [6.45, 7) is 16.5. The molecule has 40 heavy (non-hydrogen) atoms. The quantitative estimate of drug-likeness (QED) is 0.104. The fourth-order valence-corrected chi connectivity index (χ4v) is 5.74. The summed E-state index contributed by atoms with van der Waals surface area (Å²) in [5.41, 5.74) is 2.21. The normalized spacial score (nSPS) is 23.9. The minimum atomic E-state index is -0.926. The molecule has 0 radical (unpaired) electrons. The Labute approximate surface area is 241 Å². The molecule has 2 rings (SSSR count). The number of rotatable bonds is 18. The highest BCUT2D eigenvalue weighted by molar-refractivity contribution is 5.88. The van der Waals surface area contributed by atoms with Gasteiger partial charge < -0.3 is 19.7 Å². The van der Waals surface area contributed by atoms with Gasteiger partial charge in [-0.3, -0.25) is 0 Å². The SMILES string of the molecule is C#[N+]C=C(C)CC(C)CC(C)CCC=CC1=NC(C2CCCC(CC(O)CC(=C)CCCC=CC(=O)O)O2)CO1. The van der Waals surface area contributed by atoms with Gasteiger partial charge in [-0.05, 0) is 107 Å². The molecule has 0 amide bonds. The molecule has 0 aromatic carbocycles. The first kappa shape index (κ1) is 33.5. The van der Waals surface area contributed by atoms with Crippen molar-refractivity contribution >= 4 is 11.9 Å². The van der Waals surface area contributed by atoms with Crippen molar-refractivity contribution in [1.82, 2.24) is 0 Å². The lowest BCUT2D eigenvalue weighted by molar-refractivity contribution is -0.131. The van der Waals surface area contributed by atoms with E-state index < -0.39 is 12.1 Å². The summed E-state index contributed by atoms with van der Waals surface area (Å²) in [6, 6.07) is 0.00439. The number of ether oxygens (including phenoxy) is 2. The second-order valence-corrected chi connectivity index (χ2v) is 11.8. The summed E-state index contributed by atoms with van der Waals surface area (Å²) in [5, 5.41) is 19.2. The van der Waals surface area contributed by atoms with Crippen molar-refractivity contribution in [2.75, 3.05) is 6.61 Å². The van der Waals surface area contributed by atoms with Crippen molar-refractivity contribution in [3.05, 3.63) is 53.1 Å². The van der Waals surface area contributed by atoms with Crippen molar-refractivity contribution in [3.63, 3.8) is 0 Å². The van der Waals surface area contributed by atoms with E-state index in [1.54, 1.807) is 12.3 Å². The molecule has 6 atom stereocenters. The van der Waals surface area contributed by atoms with Crippen molar-refractivity contribution in [1.29, 1.82) is 0 Å². The van der Waals surface area contributed by atoms with Gasteiger partial charge in [0.2, 0.25) is 5.90 Å². The molecule has 2 aliphatic heterocycles. The first-order valence-electron chi connectivity index (χ1n) is 15.0. The third-order valence-corrected chi connectivity index (χ3v) is 7.58. The summed E-state index contributed by atoms with van der Waals surface area (Å²) in [5.74, 6) is 1.02. The van der Waals surface area contributed by atoms with E-state index in [4.69, 9.17) is 26.1 Å². The molecule has 0 bridgehead atoms. The third-order valence-electron chi connectivity index (χ3n) is 7.58. The number of nitrogens with zero attached hydrogens (tertiary/aromatic N) is 2. The predicted molar refractivity (Wildman–Crippen MR) is 163 cm³/mol. The minimum Gasteiger partial charge on any atom is -0.478 e. The van der Waals surface area contributed by atoms with Crippen LogP contribution in [0, 0.1) is 18.4 Å². The Bertz CT molecular complexity index is 960. The smallest absolute Gasteiger partial charge is 0.327 e. The molecule has 7 heteroatoms. The molecule has 0 aromatic rings. The molecule has 222 valence electrons. The molecule has 2 heterocycles. The van der Waals surface area contributed by atoms with Crippen LogP contribution in [0.3, 0.4) is 0 Å². The van der Waals surface area contributed by atoms with E-state index in [2.05, 4.69) is 38.3 Å². The lowest BCUT2D eigenvalue weighted by Gasteiger charge is -2.33. The first-order valence-corrected chi connectivity index (χ1v) is 15.0. The lowest BCUT2D eigenvalue weighted by Crippen LogP contribution is -2.38. The van der Waals surface area contributed by atoms with Crippen molar-refractivity contribution < 1.29 is 24.5 Å². The fraction of sp³-hybridized carbons (Fsp3) is 0.667. The summed E-state index contributed by atoms with van der Waals surface area (Å²) in [4.78, 5) is 18.9. The molecule has 2 N–H and O–H groups in total. The Hall–Kier alpha value is -2.69. The van der Waals surface area contributed by atoms with Crippen LogP contribution >= 0.6 is 0 Å². The summed E-state index contributed by atoms with van der Waals surface area (Å²) < 4.78 is 12.2. The Morgan fingerprint density at radius 2 is 2.02 bits per heavy atom. The van der Waals surface area contributed by atoms with E-state index in [1.807, 2.05) is 6.08 Å². The molecule has 2 aliphatic rings. The molecule has 1 fully saturated rings. The zero-order valence-electron chi connectivity index (χ0n) is 24.8. The van der Waals surface area contributed by atoms with E-state index in [-0.39, 0.29) is 18.2 Å². The van der Waals surface area contributed by atoms with E-state index >= 15 is 0 Å². The van der Waals surface area contributed by atoms with Gasteiger partial charge in [0, 0.05) is 11.6 Å². The van der Waals surface area contributed by atoms with E-state index in [0.717, 1.165) is 56.9 Å². The second kappa shape index (κ2) is 18.6. The molecule has 7 nitrogen and oxygen atoms in total. The number of hydrogen-bond acceptors (Lipinski definition) is 5. The second-order valence-electron chi connectivity index (χ2n) is 11.8. The zero-order chi connectivity index (χ0) is 29.3. The van der Waals surface area contributed by atoms with Crippen LogP contribution in [0.1, 0.15) is 97.8 Å². The van der Waals surface area contributed by atoms with Crippen LogP contribution in [0.15, 0.2) is 53.2 Å². The number of aliphatic imine (C=N–C) groups is 1. The minimum absolute atomic E-state index is 0.00439. The maximum atomic E-state index is 10.6. The van der Waals surface area contributed by atoms with E-state index in [9.17, 15) is 9.90 Å². The highest BCUT2D eigenvalue weighted by atomic mass is 16.5. The number of unbranched alkanes of at least 4 members (excludes halogenated alkanes) is 1. The topological polar surface area (TPSA) is 92.7 Å². The number of aliphatic carboxylic acids is 1. The molecular weight excluding hydrogens is 504 g/mol. The molecular formula is C33H51N2O5+. The number of hydrogen-bond donors (Lipinski definition) is 2. The van der Waals surface area contributed by atoms with Gasteiger partial charge in [-0.15, -0.1) is 0 Å². The van der Waals surface area contributed by atoms with Crippen molar-refractivity contribution in [2.45, 2.75) is 122 Å². The standard InChI is InChI=1S/C33H50N2O5/c1-24(18-26(3)19-27(4)22-34-5)13-9-10-16-32-35-30(23-39-32)31-15-11-14-29(40-31)21-28(36)20-25(2)12-7-6-8-17-33(37)38/h5,8,10,16-17,22,24,26,28-31,36H,2,6-7,9,11-15,18-21,23H2,1,3-4H3/p+1. The maximum absolute atomic E-state index is 10.6. The fourth-order valence-electron chi connectivity index (χ4n) is 5.74. The van der Waals surface area contributed by atoms with Gasteiger partial charge in [-0.2, -0.15) is 0 Å². The largest absolute Gasteiger partial charge is 0.478 e. The molecule has 0 saturated carbocycles. The first-order chi connectivity index (χ1) is 19.2. The summed E-state index contributed by atoms with van der Waals surface area (Å²) in [6.07, 6.45) is 19.0. The highest BCUT2D eigenvalue weighted by Gasteiger charge is 2.33. The van der Waals surface area contributed by atoms with Crippen LogP contribution in [-0.4, -0.2) is 53.0 Å². The highest BCUT2D eigenvalue weighted by Crippen LogP contribution is 2.29. The summed E-state index contributed by atoms with van der Waals surface area (Å²) >= 11 is 0. The average Bonchev–Trinajstić information content (AvgIpc) is 3.35. The van der Waals surface area contributed by atoms with Gasteiger partial charge in [-0.1, -0.05) is 38.2 Å². The zero-order valence-corrected chi connectivity index (χ0v) is 24.8. The third kappa shape index (κ3) is 14.1. The number of allylic oxidation sites excluding steroid dienone is 3. The number of aliphatic hydroxyl groups is 1.